The van der Waals surface area contributed by atoms with Crippen molar-refractivity contribution >= 4 is 40.3 Å². The van der Waals surface area contributed by atoms with Gasteiger partial charge in [0.25, 0.3) is 0 Å². The highest BCUT2D eigenvalue weighted by atomic mass is 35.5. The second-order valence-corrected chi connectivity index (χ2v) is 11.3. The molecule has 184 valence electrons. The van der Waals surface area contributed by atoms with Crippen LogP contribution in [0.15, 0.2) is 61.1 Å². The van der Waals surface area contributed by atoms with Crippen molar-refractivity contribution in [3.05, 3.63) is 77.3 Å². The minimum absolute atomic E-state index is 0.0330. The zero-order valence-corrected chi connectivity index (χ0v) is 22.4. The number of nitrogens with one attached hydrogen (secondary N) is 1. The van der Waals surface area contributed by atoms with E-state index in [0.29, 0.717) is 23.0 Å². The lowest BCUT2D eigenvalue weighted by Gasteiger charge is -2.37. The van der Waals surface area contributed by atoms with E-state index in [1.54, 1.807) is 0 Å². The van der Waals surface area contributed by atoms with Crippen LogP contribution < -0.4 is 15.1 Å². The molecule has 0 bridgehead atoms. The van der Waals surface area contributed by atoms with E-state index in [-0.39, 0.29) is 12.1 Å². The second kappa shape index (κ2) is 9.82. The molecule has 0 unspecified atom stereocenters. The normalized spacial score (nSPS) is 24.8. The third-order valence-corrected chi connectivity index (χ3v) is 7.81. The maximum Gasteiger partial charge on any atom is 0.174 e. The molecule has 0 amide bonds. The molecular weight excluding hydrogens is 474 g/mol. The van der Waals surface area contributed by atoms with Crippen LogP contribution in [0.4, 0.5) is 11.4 Å². The molecule has 0 saturated carbocycles. The Morgan fingerprint density at radius 1 is 1.09 bits per heavy atom. The van der Waals surface area contributed by atoms with E-state index in [1.165, 1.54) is 12.0 Å². The number of hydrogen-bond donors (Lipinski definition) is 1. The Morgan fingerprint density at radius 2 is 1.86 bits per heavy atom. The molecular formula is C28H34ClN5S. The van der Waals surface area contributed by atoms with Gasteiger partial charge < -0.3 is 19.7 Å². The van der Waals surface area contributed by atoms with Crippen molar-refractivity contribution in [1.29, 1.82) is 0 Å². The maximum absolute atomic E-state index is 6.93. The van der Waals surface area contributed by atoms with Gasteiger partial charge in [-0.05, 0) is 86.3 Å². The van der Waals surface area contributed by atoms with Gasteiger partial charge in [-0.3, -0.25) is 4.98 Å². The summed E-state index contributed by atoms with van der Waals surface area (Å²) in [5.74, 6) is 1.33. The Bertz CT molecular complexity index is 1180. The highest BCUT2D eigenvalue weighted by Gasteiger charge is 2.41. The standard InChI is InChI=1S/C28H34ClN5S/c1-18(2)32-12-10-21(17-32)27-26(24-7-5-6-11-30-24)31-28(35)34(27)22-8-9-25(23(29)14-22)33-15-19(3)13-20(4)16-33/h5-12,14,17-20,26-27H,13,15-16H2,1-4H3,(H,31,35)/t19-,20+,26-,27-/m0/s1. The summed E-state index contributed by atoms with van der Waals surface area (Å²) in [5, 5.41) is 5.00. The van der Waals surface area contributed by atoms with E-state index >= 15 is 0 Å². The molecule has 0 spiro atoms. The molecule has 3 aromatic rings. The number of piperidine rings is 1. The molecule has 2 aliphatic rings. The summed E-state index contributed by atoms with van der Waals surface area (Å²) in [4.78, 5) is 9.29. The molecule has 7 heteroatoms. The number of anilines is 2. The van der Waals surface area contributed by atoms with E-state index in [1.807, 2.05) is 18.3 Å². The fourth-order valence-corrected chi connectivity index (χ4v) is 6.30. The number of benzene rings is 1. The molecule has 0 radical (unpaired) electrons. The van der Waals surface area contributed by atoms with Crippen LogP contribution >= 0.6 is 23.8 Å². The summed E-state index contributed by atoms with van der Waals surface area (Å²) in [5.41, 5.74) is 4.27. The van der Waals surface area contributed by atoms with E-state index < -0.39 is 0 Å². The number of pyridine rings is 1. The van der Waals surface area contributed by atoms with Crippen LogP contribution in [0.5, 0.6) is 0 Å². The quantitative estimate of drug-likeness (QED) is 0.385. The second-order valence-electron chi connectivity index (χ2n) is 10.5. The minimum Gasteiger partial charge on any atom is -0.370 e. The fourth-order valence-electron chi connectivity index (χ4n) is 5.66. The van der Waals surface area contributed by atoms with E-state index in [0.717, 1.165) is 35.2 Å². The number of hydrogen-bond acceptors (Lipinski definition) is 3. The highest BCUT2D eigenvalue weighted by Crippen LogP contribution is 2.43. The Labute approximate surface area is 219 Å². The molecule has 35 heavy (non-hydrogen) atoms. The first kappa shape index (κ1) is 24.1. The fraction of sp³-hybridized carbons (Fsp3) is 0.429. The smallest absolute Gasteiger partial charge is 0.174 e. The molecule has 0 aliphatic carbocycles. The zero-order valence-electron chi connectivity index (χ0n) is 20.9. The SMILES string of the molecule is CC(C)n1ccc([C@H]2[C@H](c3ccccn3)NC(=S)N2c2ccc(N3C[C@H](C)C[C@H](C)C3)c(Cl)c2)c1. The van der Waals surface area contributed by atoms with Crippen molar-refractivity contribution in [3.8, 4) is 0 Å². The molecule has 4 heterocycles. The molecule has 1 N–H and O–H groups in total. The van der Waals surface area contributed by atoms with Crippen LogP contribution in [0.3, 0.4) is 0 Å². The lowest BCUT2D eigenvalue weighted by atomic mass is 9.91. The average molecular weight is 508 g/mol. The van der Waals surface area contributed by atoms with Gasteiger partial charge in [0.15, 0.2) is 5.11 Å². The van der Waals surface area contributed by atoms with Gasteiger partial charge in [-0.15, -0.1) is 0 Å². The van der Waals surface area contributed by atoms with Crippen LogP contribution in [0, 0.1) is 11.8 Å². The number of nitrogens with zero attached hydrogens (tertiary/aromatic N) is 4. The van der Waals surface area contributed by atoms with E-state index in [2.05, 4.69) is 95.1 Å². The summed E-state index contributed by atoms with van der Waals surface area (Å²) in [7, 11) is 0. The molecule has 2 fully saturated rings. The average Bonchev–Trinajstić information content (AvgIpc) is 3.43. The van der Waals surface area contributed by atoms with Gasteiger partial charge in [0.05, 0.1) is 28.5 Å². The molecule has 5 rings (SSSR count). The molecule has 2 aromatic heterocycles. The van der Waals surface area contributed by atoms with E-state index in [4.69, 9.17) is 23.8 Å². The Balaban J connectivity index is 1.52. The third-order valence-electron chi connectivity index (χ3n) is 7.19. The Morgan fingerprint density at radius 3 is 2.49 bits per heavy atom. The first-order valence-electron chi connectivity index (χ1n) is 12.5. The van der Waals surface area contributed by atoms with Crippen molar-refractivity contribution < 1.29 is 0 Å². The molecule has 5 nitrogen and oxygen atoms in total. The summed E-state index contributed by atoms with van der Waals surface area (Å²) >= 11 is 12.8. The molecule has 2 saturated heterocycles. The van der Waals surface area contributed by atoms with Crippen molar-refractivity contribution in [2.24, 2.45) is 11.8 Å². The van der Waals surface area contributed by atoms with Gasteiger partial charge in [-0.25, -0.2) is 0 Å². The van der Waals surface area contributed by atoms with Gasteiger partial charge in [0.1, 0.15) is 0 Å². The predicted octanol–water partition coefficient (Wildman–Crippen LogP) is 6.78. The summed E-state index contributed by atoms with van der Waals surface area (Å²) < 4.78 is 2.24. The van der Waals surface area contributed by atoms with Crippen LogP contribution in [0.2, 0.25) is 5.02 Å². The maximum atomic E-state index is 6.93. The first-order chi connectivity index (χ1) is 16.8. The third kappa shape index (κ3) is 4.78. The van der Waals surface area contributed by atoms with E-state index in [9.17, 15) is 0 Å². The lowest BCUT2D eigenvalue weighted by molar-refractivity contribution is 0.357. The van der Waals surface area contributed by atoms with Crippen molar-refractivity contribution in [2.75, 3.05) is 22.9 Å². The number of thiocarbonyl (C=S) groups is 1. The van der Waals surface area contributed by atoms with Crippen LogP contribution in [-0.2, 0) is 0 Å². The molecule has 1 aromatic carbocycles. The van der Waals surface area contributed by atoms with Crippen molar-refractivity contribution in [2.45, 2.75) is 52.2 Å². The van der Waals surface area contributed by atoms with Crippen LogP contribution in [-0.4, -0.2) is 27.8 Å². The summed E-state index contributed by atoms with van der Waals surface area (Å²) in [6, 6.07) is 14.9. The number of aromatic nitrogens is 2. The lowest BCUT2D eigenvalue weighted by Crippen LogP contribution is -2.38. The van der Waals surface area contributed by atoms with Crippen molar-refractivity contribution in [3.63, 3.8) is 0 Å². The number of halogens is 1. The van der Waals surface area contributed by atoms with Gasteiger partial charge >= 0.3 is 0 Å². The van der Waals surface area contributed by atoms with Crippen molar-refractivity contribution in [1.82, 2.24) is 14.9 Å². The largest absolute Gasteiger partial charge is 0.370 e. The highest BCUT2D eigenvalue weighted by molar-refractivity contribution is 7.80. The van der Waals surface area contributed by atoms with Crippen LogP contribution in [0.25, 0.3) is 0 Å². The topological polar surface area (TPSA) is 36.3 Å². The van der Waals surface area contributed by atoms with Crippen LogP contribution in [0.1, 0.15) is 63.5 Å². The molecule has 2 aliphatic heterocycles. The molecule has 4 atom stereocenters. The van der Waals surface area contributed by atoms with Gasteiger partial charge in [-0.1, -0.05) is 31.5 Å². The van der Waals surface area contributed by atoms with Gasteiger partial charge in [0, 0.05) is 43.4 Å². The number of rotatable bonds is 5. The Hall–Kier alpha value is -2.57. The monoisotopic (exact) mass is 507 g/mol. The zero-order chi connectivity index (χ0) is 24.7. The summed E-state index contributed by atoms with van der Waals surface area (Å²) in [6.45, 7) is 11.1. The van der Waals surface area contributed by atoms with Gasteiger partial charge in [-0.2, -0.15) is 0 Å². The predicted molar refractivity (Wildman–Crippen MR) is 149 cm³/mol. The minimum atomic E-state index is -0.0612. The summed E-state index contributed by atoms with van der Waals surface area (Å²) in [6.07, 6.45) is 7.47. The first-order valence-corrected chi connectivity index (χ1v) is 13.3. The van der Waals surface area contributed by atoms with Gasteiger partial charge in [0.2, 0.25) is 0 Å². The Kier molecular flexibility index (Phi) is 6.78.